The Hall–Kier alpha value is -2.09. The van der Waals surface area contributed by atoms with E-state index in [2.05, 4.69) is 11.9 Å². The molecular formula is C18H23NO. The highest BCUT2D eigenvalue weighted by atomic mass is 16.1. The molecule has 1 amide bonds. The maximum Gasteiger partial charge on any atom is 0.227 e. The molecule has 0 aromatic heterocycles. The summed E-state index contributed by atoms with van der Waals surface area (Å²) in [4.78, 5) is 12.2. The second-order valence-corrected chi connectivity index (χ2v) is 4.67. The quantitative estimate of drug-likeness (QED) is 0.745. The number of benzene rings is 1. The molecule has 0 aliphatic rings. The highest BCUT2D eigenvalue weighted by Gasteiger charge is 2.17. The van der Waals surface area contributed by atoms with Crippen LogP contribution in [0.4, 0.5) is 0 Å². The highest BCUT2D eigenvalue weighted by Crippen LogP contribution is 2.18. The number of allylic oxidation sites excluding steroid dienone is 4. The van der Waals surface area contributed by atoms with E-state index >= 15 is 0 Å². The summed E-state index contributed by atoms with van der Waals surface area (Å²) in [7, 11) is 0. The van der Waals surface area contributed by atoms with Gasteiger partial charge in [-0.05, 0) is 18.9 Å². The van der Waals surface area contributed by atoms with Crippen molar-refractivity contribution in [1.29, 1.82) is 0 Å². The molecule has 0 saturated carbocycles. The first-order valence-electron chi connectivity index (χ1n) is 6.97. The van der Waals surface area contributed by atoms with E-state index in [0.29, 0.717) is 6.54 Å². The van der Waals surface area contributed by atoms with Crippen molar-refractivity contribution in [3.63, 3.8) is 0 Å². The van der Waals surface area contributed by atoms with E-state index < -0.39 is 0 Å². The van der Waals surface area contributed by atoms with Crippen LogP contribution in [0.3, 0.4) is 0 Å². The SMILES string of the molecule is C=C/C=C(C)\C=C/CNC(=O)C(CC)c1ccccc1. The lowest BCUT2D eigenvalue weighted by Gasteiger charge is -2.14. The third-order valence-corrected chi connectivity index (χ3v) is 3.08. The number of hydrogen-bond acceptors (Lipinski definition) is 1. The van der Waals surface area contributed by atoms with Crippen LogP contribution in [0.1, 0.15) is 31.7 Å². The van der Waals surface area contributed by atoms with E-state index in [4.69, 9.17) is 0 Å². The van der Waals surface area contributed by atoms with Crippen molar-refractivity contribution >= 4 is 5.91 Å². The van der Waals surface area contributed by atoms with Gasteiger partial charge < -0.3 is 5.32 Å². The minimum absolute atomic E-state index is 0.0746. The monoisotopic (exact) mass is 269 g/mol. The molecule has 0 aliphatic heterocycles. The van der Waals surface area contributed by atoms with Gasteiger partial charge >= 0.3 is 0 Å². The van der Waals surface area contributed by atoms with Crippen LogP contribution in [0.25, 0.3) is 0 Å². The Balaban J connectivity index is 2.53. The van der Waals surface area contributed by atoms with Crippen molar-refractivity contribution in [2.75, 3.05) is 6.54 Å². The molecule has 2 heteroatoms. The average Bonchev–Trinajstić information content (AvgIpc) is 2.46. The molecule has 106 valence electrons. The number of carbonyl (C=O) groups is 1. The summed E-state index contributed by atoms with van der Waals surface area (Å²) in [6.07, 6.45) is 8.41. The van der Waals surface area contributed by atoms with Crippen molar-refractivity contribution in [2.45, 2.75) is 26.2 Å². The molecule has 1 unspecified atom stereocenters. The molecule has 0 radical (unpaired) electrons. The number of rotatable bonds is 7. The van der Waals surface area contributed by atoms with Crippen molar-refractivity contribution in [3.05, 3.63) is 72.4 Å². The predicted octanol–water partition coefficient (Wildman–Crippen LogP) is 3.98. The minimum atomic E-state index is -0.0746. The number of hydrogen-bond donors (Lipinski definition) is 1. The number of carbonyl (C=O) groups excluding carboxylic acids is 1. The summed E-state index contributed by atoms with van der Waals surface area (Å²) in [6.45, 7) is 8.22. The zero-order valence-corrected chi connectivity index (χ0v) is 12.3. The summed E-state index contributed by atoms with van der Waals surface area (Å²) in [5, 5.41) is 2.95. The van der Waals surface area contributed by atoms with Gasteiger partial charge in [0.1, 0.15) is 0 Å². The Kier molecular flexibility index (Phi) is 7.12. The fourth-order valence-electron chi connectivity index (χ4n) is 2.03. The van der Waals surface area contributed by atoms with Crippen molar-refractivity contribution in [2.24, 2.45) is 0 Å². The summed E-state index contributed by atoms with van der Waals surface area (Å²) in [6, 6.07) is 9.90. The zero-order chi connectivity index (χ0) is 14.8. The molecule has 1 N–H and O–H groups in total. The Morgan fingerprint density at radius 3 is 2.65 bits per heavy atom. The first kappa shape index (κ1) is 16.0. The van der Waals surface area contributed by atoms with E-state index in [9.17, 15) is 4.79 Å². The summed E-state index contributed by atoms with van der Waals surface area (Å²) < 4.78 is 0. The normalized spacial score (nSPS) is 13.2. The third kappa shape index (κ3) is 5.27. The standard InChI is InChI=1S/C18H23NO/c1-4-10-15(3)11-9-14-19-18(20)17(5-2)16-12-7-6-8-13-16/h4,6-13,17H,1,5,14H2,2-3H3,(H,19,20)/b11-9-,15-10-. The maximum atomic E-state index is 12.2. The fraction of sp³-hybridized carbons (Fsp3) is 0.278. The van der Waals surface area contributed by atoms with E-state index in [1.54, 1.807) is 6.08 Å². The molecule has 1 rings (SSSR count). The van der Waals surface area contributed by atoms with E-state index in [-0.39, 0.29) is 11.8 Å². The van der Waals surface area contributed by atoms with Crippen molar-refractivity contribution in [3.8, 4) is 0 Å². The van der Waals surface area contributed by atoms with E-state index in [1.165, 1.54) is 0 Å². The van der Waals surface area contributed by atoms with Crippen molar-refractivity contribution in [1.82, 2.24) is 5.32 Å². The first-order valence-corrected chi connectivity index (χ1v) is 6.97. The van der Waals surface area contributed by atoms with Gasteiger partial charge in [0.05, 0.1) is 5.92 Å². The lowest BCUT2D eigenvalue weighted by atomic mass is 9.96. The van der Waals surface area contributed by atoms with Crippen LogP contribution in [-0.4, -0.2) is 12.5 Å². The molecule has 0 saturated heterocycles. The van der Waals surface area contributed by atoms with Gasteiger partial charge in [-0.1, -0.05) is 73.7 Å². The van der Waals surface area contributed by atoms with Crippen LogP contribution in [0.5, 0.6) is 0 Å². The van der Waals surface area contributed by atoms with Gasteiger partial charge in [0.25, 0.3) is 0 Å². The Labute approximate surface area is 121 Å². The van der Waals surface area contributed by atoms with Gasteiger partial charge in [-0.25, -0.2) is 0 Å². The zero-order valence-electron chi connectivity index (χ0n) is 12.3. The Morgan fingerprint density at radius 1 is 1.35 bits per heavy atom. The molecule has 1 aromatic carbocycles. The van der Waals surface area contributed by atoms with Gasteiger partial charge in [-0.15, -0.1) is 0 Å². The smallest absolute Gasteiger partial charge is 0.227 e. The van der Waals surface area contributed by atoms with Crippen LogP contribution in [0.15, 0.2) is 66.8 Å². The Bertz CT molecular complexity index is 485. The largest absolute Gasteiger partial charge is 0.352 e. The second-order valence-electron chi connectivity index (χ2n) is 4.67. The predicted molar refractivity (Wildman–Crippen MR) is 85.6 cm³/mol. The molecule has 0 heterocycles. The molecule has 1 aromatic rings. The lowest BCUT2D eigenvalue weighted by molar-refractivity contribution is -0.122. The van der Waals surface area contributed by atoms with Crippen LogP contribution < -0.4 is 5.32 Å². The van der Waals surface area contributed by atoms with Gasteiger partial charge in [0.15, 0.2) is 0 Å². The molecule has 0 fully saturated rings. The summed E-state index contributed by atoms with van der Waals surface area (Å²) in [5.74, 6) is 0.00289. The average molecular weight is 269 g/mol. The molecule has 20 heavy (non-hydrogen) atoms. The van der Waals surface area contributed by atoms with E-state index in [1.807, 2.05) is 62.4 Å². The van der Waals surface area contributed by atoms with Crippen LogP contribution in [0, 0.1) is 0 Å². The molecule has 0 spiro atoms. The fourth-order valence-corrected chi connectivity index (χ4v) is 2.03. The van der Waals surface area contributed by atoms with Gasteiger partial charge in [0, 0.05) is 6.54 Å². The van der Waals surface area contributed by atoms with Crippen LogP contribution in [0.2, 0.25) is 0 Å². The summed E-state index contributed by atoms with van der Waals surface area (Å²) in [5.41, 5.74) is 2.18. The summed E-state index contributed by atoms with van der Waals surface area (Å²) >= 11 is 0. The lowest BCUT2D eigenvalue weighted by Crippen LogP contribution is -2.29. The topological polar surface area (TPSA) is 29.1 Å². The van der Waals surface area contributed by atoms with Gasteiger partial charge in [0.2, 0.25) is 5.91 Å². The Morgan fingerprint density at radius 2 is 2.05 bits per heavy atom. The van der Waals surface area contributed by atoms with Gasteiger partial charge in [-0.2, -0.15) is 0 Å². The van der Waals surface area contributed by atoms with Crippen LogP contribution in [-0.2, 0) is 4.79 Å². The van der Waals surface area contributed by atoms with Crippen molar-refractivity contribution < 1.29 is 4.79 Å². The van der Waals surface area contributed by atoms with E-state index in [0.717, 1.165) is 17.6 Å². The van der Waals surface area contributed by atoms with Crippen LogP contribution >= 0.6 is 0 Å². The molecule has 1 atom stereocenters. The highest BCUT2D eigenvalue weighted by molar-refractivity contribution is 5.83. The number of amides is 1. The maximum absolute atomic E-state index is 12.2. The van der Waals surface area contributed by atoms with Gasteiger partial charge in [-0.3, -0.25) is 4.79 Å². The first-order chi connectivity index (χ1) is 9.69. The third-order valence-electron chi connectivity index (χ3n) is 3.08. The molecule has 0 bridgehead atoms. The molecule has 2 nitrogen and oxygen atoms in total. The second kappa shape index (κ2) is 8.92. The number of nitrogens with one attached hydrogen (secondary N) is 1. The minimum Gasteiger partial charge on any atom is -0.352 e. The molecular weight excluding hydrogens is 246 g/mol. The molecule has 0 aliphatic carbocycles.